The summed E-state index contributed by atoms with van der Waals surface area (Å²) >= 11 is 1.63. The molecule has 0 amide bonds. The average Bonchev–Trinajstić information content (AvgIpc) is 2.43. The fourth-order valence-corrected chi connectivity index (χ4v) is 2.25. The van der Waals surface area contributed by atoms with Crippen molar-refractivity contribution in [3.63, 3.8) is 0 Å². The quantitative estimate of drug-likeness (QED) is 0.843. The minimum Gasteiger partial charge on any atom is -0.480 e. The van der Waals surface area contributed by atoms with Gasteiger partial charge in [-0.3, -0.25) is 0 Å². The maximum absolute atomic E-state index is 11.2. The summed E-state index contributed by atoms with van der Waals surface area (Å²) < 4.78 is 0. The largest absolute Gasteiger partial charge is 0.480 e. The Morgan fingerprint density at radius 1 is 1.42 bits per heavy atom. The molecule has 19 heavy (non-hydrogen) atoms. The van der Waals surface area contributed by atoms with Crippen LogP contribution in [0.3, 0.4) is 0 Å². The van der Waals surface area contributed by atoms with Crippen molar-refractivity contribution in [2.75, 3.05) is 17.3 Å². The van der Waals surface area contributed by atoms with Crippen LogP contribution in [-0.2, 0) is 4.79 Å². The van der Waals surface area contributed by atoms with Gasteiger partial charge in [0.15, 0.2) is 0 Å². The first-order valence-electron chi connectivity index (χ1n) is 5.90. The van der Waals surface area contributed by atoms with Crippen molar-refractivity contribution in [3.05, 3.63) is 30.6 Å². The molecule has 0 aliphatic heterocycles. The normalized spacial score (nSPS) is 12.3. The van der Waals surface area contributed by atoms with Gasteiger partial charge in [-0.05, 0) is 30.6 Å². The lowest BCUT2D eigenvalue weighted by molar-refractivity contribution is -0.137. The van der Waals surface area contributed by atoms with Gasteiger partial charge in [-0.2, -0.15) is 11.8 Å². The van der Waals surface area contributed by atoms with Crippen LogP contribution in [0.5, 0.6) is 0 Å². The van der Waals surface area contributed by atoms with Crippen LogP contribution >= 0.6 is 11.8 Å². The molecule has 0 spiro atoms. The predicted octanol–water partition coefficient (Wildman–Crippen LogP) is 2.25. The smallest absolute Gasteiger partial charge is 0.326 e. The molecule has 0 radical (unpaired) electrons. The Morgan fingerprint density at radius 3 is 2.95 bits per heavy atom. The van der Waals surface area contributed by atoms with Gasteiger partial charge in [-0.25, -0.2) is 14.8 Å². The number of fused-ring (bicyclic) bond motifs is 1. The number of aromatic nitrogens is 2. The Bertz CT molecular complexity index is 571. The van der Waals surface area contributed by atoms with Gasteiger partial charge in [0.1, 0.15) is 18.2 Å². The standard InChI is InChI=1S/C13H15N3O2S/c1-19-7-6-11(13(17)18)16-12-9-4-2-3-5-10(9)14-8-15-12/h2-5,8,11H,6-7H2,1H3,(H,17,18)(H,14,15,16). The molecule has 6 heteroatoms. The van der Waals surface area contributed by atoms with Gasteiger partial charge in [0.05, 0.1) is 5.52 Å². The Labute approximate surface area is 115 Å². The average molecular weight is 277 g/mol. The van der Waals surface area contributed by atoms with Gasteiger partial charge in [-0.15, -0.1) is 0 Å². The summed E-state index contributed by atoms with van der Waals surface area (Å²) in [7, 11) is 0. The van der Waals surface area contributed by atoms with Crippen molar-refractivity contribution in [2.24, 2.45) is 0 Å². The second-order valence-corrected chi connectivity index (χ2v) is 5.04. The molecular weight excluding hydrogens is 262 g/mol. The molecule has 0 aliphatic rings. The number of aliphatic carboxylic acids is 1. The maximum atomic E-state index is 11.2. The second-order valence-electron chi connectivity index (χ2n) is 4.06. The number of hydrogen-bond donors (Lipinski definition) is 2. The van der Waals surface area contributed by atoms with Crippen LogP contribution in [0, 0.1) is 0 Å². The number of carboxylic acid groups (broad SMARTS) is 1. The molecule has 2 rings (SSSR count). The van der Waals surface area contributed by atoms with E-state index in [1.807, 2.05) is 30.5 Å². The van der Waals surface area contributed by atoms with E-state index < -0.39 is 12.0 Å². The molecule has 0 saturated carbocycles. The van der Waals surface area contributed by atoms with E-state index >= 15 is 0 Å². The lowest BCUT2D eigenvalue weighted by atomic mass is 10.2. The van der Waals surface area contributed by atoms with Crippen molar-refractivity contribution in [1.82, 2.24) is 9.97 Å². The van der Waals surface area contributed by atoms with Crippen molar-refractivity contribution < 1.29 is 9.90 Å². The third-order valence-electron chi connectivity index (χ3n) is 2.76. The highest BCUT2D eigenvalue weighted by atomic mass is 32.2. The molecule has 5 nitrogen and oxygen atoms in total. The van der Waals surface area contributed by atoms with Crippen LogP contribution in [-0.4, -0.2) is 39.1 Å². The number of thioether (sulfide) groups is 1. The number of rotatable bonds is 6. The van der Waals surface area contributed by atoms with E-state index in [0.717, 1.165) is 16.7 Å². The monoisotopic (exact) mass is 277 g/mol. The third-order valence-corrected chi connectivity index (χ3v) is 3.41. The summed E-state index contributed by atoms with van der Waals surface area (Å²) in [6.45, 7) is 0. The van der Waals surface area contributed by atoms with Crippen molar-refractivity contribution >= 4 is 34.5 Å². The Hall–Kier alpha value is -1.82. The summed E-state index contributed by atoms with van der Waals surface area (Å²) in [6, 6.07) is 6.90. The highest BCUT2D eigenvalue weighted by Gasteiger charge is 2.18. The molecule has 0 bridgehead atoms. The summed E-state index contributed by atoms with van der Waals surface area (Å²) in [5, 5.41) is 13.0. The second kappa shape index (κ2) is 6.38. The molecule has 1 aromatic heterocycles. The molecule has 100 valence electrons. The van der Waals surface area contributed by atoms with E-state index in [0.29, 0.717) is 12.2 Å². The van der Waals surface area contributed by atoms with Gasteiger partial charge in [-0.1, -0.05) is 12.1 Å². The van der Waals surface area contributed by atoms with Gasteiger partial charge < -0.3 is 10.4 Å². The van der Waals surface area contributed by atoms with Crippen LogP contribution in [0.25, 0.3) is 10.9 Å². The van der Waals surface area contributed by atoms with E-state index in [-0.39, 0.29) is 0 Å². The molecule has 0 fully saturated rings. The fraction of sp³-hybridized carbons (Fsp3) is 0.308. The molecule has 2 aromatic rings. The highest BCUT2D eigenvalue weighted by Crippen LogP contribution is 2.20. The molecule has 1 aromatic carbocycles. The van der Waals surface area contributed by atoms with Gasteiger partial charge >= 0.3 is 5.97 Å². The van der Waals surface area contributed by atoms with E-state index in [1.54, 1.807) is 11.8 Å². The minimum absolute atomic E-state index is 0.550. The molecule has 0 aliphatic carbocycles. The molecule has 1 atom stereocenters. The number of para-hydroxylation sites is 1. The topological polar surface area (TPSA) is 75.1 Å². The fourth-order valence-electron chi connectivity index (χ4n) is 1.78. The Kier molecular flexibility index (Phi) is 4.57. The molecule has 1 unspecified atom stereocenters. The van der Waals surface area contributed by atoms with Gasteiger partial charge in [0.2, 0.25) is 0 Å². The van der Waals surface area contributed by atoms with E-state index in [4.69, 9.17) is 0 Å². The molecular formula is C13H15N3O2S. The van der Waals surface area contributed by atoms with Crippen LogP contribution in [0.15, 0.2) is 30.6 Å². The summed E-state index contributed by atoms with van der Waals surface area (Å²) in [5.74, 6) is 0.489. The number of hydrogen-bond acceptors (Lipinski definition) is 5. The number of carbonyl (C=O) groups is 1. The zero-order valence-corrected chi connectivity index (χ0v) is 11.4. The lowest BCUT2D eigenvalue weighted by Crippen LogP contribution is -2.30. The summed E-state index contributed by atoms with van der Waals surface area (Å²) in [4.78, 5) is 19.5. The van der Waals surface area contributed by atoms with Crippen LogP contribution in [0.1, 0.15) is 6.42 Å². The zero-order valence-electron chi connectivity index (χ0n) is 10.5. The predicted molar refractivity (Wildman–Crippen MR) is 77.6 cm³/mol. The number of nitrogens with one attached hydrogen (secondary N) is 1. The number of carboxylic acids is 1. The van der Waals surface area contributed by atoms with Crippen molar-refractivity contribution in [2.45, 2.75) is 12.5 Å². The number of nitrogens with zero attached hydrogens (tertiary/aromatic N) is 2. The Morgan fingerprint density at radius 2 is 2.21 bits per heavy atom. The molecule has 2 N–H and O–H groups in total. The first-order chi connectivity index (χ1) is 9.22. The van der Waals surface area contributed by atoms with Crippen molar-refractivity contribution in [3.8, 4) is 0 Å². The number of anilines is 1. The van der Waals surface area contributed by atoms with Crippen LogP contribution in [0.2, 0.25) is 0 Å². The van der Waals surface area contributed by atoms with Crippen LogP contribution < -0.4 is 5.32 Å². The minimum atomic E-state index is -0.864. The third kappa shape index (κ3) is 3.35. The van der Waals surface area contributed by atoms with E-state index in [1.165, 1.54) is 6.33 Å². The SMILES string of the molecule is CSCCC(Nc1ncnc2ccccc12)C(=O)O. The summed E-state index contributed by atoms with van der Waals surface area (Å²) in [5.41, 5.74) is 0.800. The van der Waals surface area contributed by atoms with Crippen LogP contribution in [0.4, 0.5) is 5.82 Å². The van der Waals surface area contributed by atoms with Crippen molar-refractivity contribution in [1.29, 1.82) is 0 Å². The van der Waals surface area contributed by atoms with Gasteiger partial charge in [0, 0.05) is 5.39 Å². The summed E-state index contributed by atoms with van der Waals surface area (Å²) in [6.07, 6.45) is 3.95. The van der Waals surface area contributed by atoms with E-state index in [2.05, 4.69) is 15.3 Å². The zero-order chi connectivity index (χ0) is 13.7. The maximum Gasteiger partial charge on any atom is 0.326 e. The molecule has 1 heterocycles. The van der Waals surface area contributed by atoms with Gasteiger partial charge in [0.25, 0.3) is 0 Å². The first-order valence-corrected chi connectivity index (χ1v) is 7.30. The van der Waals surface area contributed by atoms with E-state index in [9.17, 15) is 9.90 Å². The highest BCUT2D eigenvalue weighted by molar-refractivity contribution is 7.98. The molecule has 0 saturated heterocycles. The lowest BCUT2D eigenvalue weighted by Gasteiger charge is -2.15. The Balaban J connectivity index is 2.26. The number of benzene rings is 1. The first kappa shape index (κ1) is 13.6.